The number of pyridine rings is 1. The predicted octanol–water partition coefficient (Wildman–Crippen LogP) is 3.23. The summed E-state index contributed by atoms with van der Waals surface area (Å²) in [6.07, 6.45) is 3.15. The normalized spacial score (nSPS) is 15.5. The minimum Gasteiger partial charge on any atom is -0.454 e. The Kier molecular flexibility index (Phi) is 3.03. The molecule has 5 nitrogen and oxygen atoms in total. The molecule has 2 aromatic carbocycles. The summed E-state index contributed by atoms with van der Waals surface area (Å²) >= 11 is 0. The van der Waals surface area contributed by atoms with Gasteiger partial charge in [0.1, 0.15) is 0 Å². The standard InChI is InChI=1S/C19H14NO4.ClH/c1-2-16-19(24-10-21-16)14-8-20-4-3-12-6-17-18(23-9-22-17)7-13(12)15(20)5-11(1)14;/h1-2,5-8H,3-4,9-10H2;1H/q+1;. The average Bonchev–Trinajstić information content (AvgIpc) is 3.26. The Morgan fingerprint density at radius 2 is 1.64 bits per heavy atom. The van der Waals surface area contributed by atoms with E-state index in [2.05, 4.69) is 35.0 Å². The van der Waals surface area contributed by atoms with Gasteiger partial charge in [0.2, 0.25) is 19.3 Å². The van der Waals surface area contributed by atoms with Crippen molar-refractivity contribution in [3.8, 4) is 34.3 Å². The highest BCUT2D eigenvalue weighted by Gasteiger charge is 2.29. The van der Waals surface area contributed by atoms with E-state index < -0.39 is 0 Å². The number of fused-ring (bicyclic) bond motifs is 7. The fraction of sp³-hybridized carbons (Fsp3) is 0.211. The molecule has 1 aromatic heterocycles. The van der Waals surface area contributed by atoms with Crippen molar-refractivity contribution in [3.05, 3.63) is 42.1 Å². The number of aryl methyl sites for hydroxylation is 2. The zero-order valence-corrected chi connectivity index (χ0v) is 14.1. The van der Waals surface area contributed by atoms with Crippen molar-refractivity contribution in [2.24, 2.45) is 0 Å². The van der Waals surface area contributed by atoms with Crippen LogP contribution >= 0.6 is 12.4 Å². The summed E-state index contributed by atoms with van der Waals surface area (Å²) in [5.41, 5.74) is 3.71. The summed E-state index contributed by atoms with van der Waals surface area (Å²) < 4.78 is 24.5. The summed E-state index contributed by atoms with van der Waals surface area (Å²) in [7, 11) is 0. The minimum absolute atomic E-state index is 0. The van der Waals surface area contributed by atoms with Crippen LogP contribution < -0.4 is 23.5 Å². The third-order valence-corrected chi connectivity index (χ3v) is 4.99. The van der Waals surface area contributed by atoms with Crippen molar-refractivity contribution < 1.29 is 23.5 Å². The molecule has 3 aliphatic rings. The molecule has 3 aliphatic heterocycles. The van der Waals surface area contributed by atoms with Crippen molar-refractivity contribution in [1.82, 2.24) is 0 Å². The maximum absolute atomic E-state index is 5.66. The van der Waals surface area contributed by atoms with E-state index in [0.29, 0.717) is 13.6 Å². The van der Waals surface area contributed by atoms with Crippen LogP contribution in [0.1, 0.15) is 5.56 Å². The molecule has 0 saturated heterocycles. The number of aromatic nitrogens is 1. The molecule has 3 aromatic rings. The van der Waals surface area contributed by atoms with E-state index in [0.717, 1.165) is 46.7 Å². The van der Waals surface area contributed by atoms with E-state index in [9.17, 15) is 0 Å². The Balaban J connectivity index is 0.00000140. The molecule has 0 radical (unpaired) electrons. The van der Waals surface area contributed by atoms with E-state index >= 15 is 0 Å². The quantitative estimate of drug-likeness (QED) is 0.580. The molecule has 0 fully saturated rings. The zero-order valence-electron chi connectivity index (χ0n) is 13.3. The molecular formula is C19H15ClNO4+. The lowest BCUT2D eigenvalue weighted by Crippen LogP contribution is -2.40. The molecule has 6 heteroatoms. The van der Waals surface area contributed by atoms with Crippen molar-refractivity contribution in [3.63, 3.8) is 0 Å². The molecule has 0 bridgehead atoms. The lowest BCUT2D eigenvalue weighted by atomic mass is 9.95. The third kappa shape index (κ3) is 1.99. The topological polar surface area (TPSA) is 40.8 Å². The van der Waals surface area contributed by atoms with Gasteiger partial charge in [-0.2, -0.15) is 4.57 Å². The molecule has 25 heavy (non-hydrogen) atoms. The minimum atomic E-state index is 0. The first kappa shape index (κ1) is 14.7. The van der Waals surface area contributed by atoms with Gasteiger partial charge in [-0.3, -0.25) is 0 Å². The molecule has 0 N–H and O–H groups in total. The fourth-order valence-corrected chi connectivity index (χ4v) is 3.81. The largest absolute Gasteiger partial charge is 0.454 e. The first-order valence-electron chi connectivity index (χ1n) is 8.05. The van der Waals surface area contributed by atoms with Crippen LogP contribution in [0.3, 0.4) is 0 Å². The molecule has 6 rings (SSSR count). The second kappa shape index (κ2) is 5.17. The number of benzene rings is 2. The van der Waals surface area contributed by atoms with Crippen LogP contribution in [-0.2, 0) is 13.0 Å². The van der Waals surface area contributed by atoms with Crippen molar-refractivity contribution in [1.29, 1.82) is 0 Å². The second-order valence-corrected chi connectivity index (χ2v) is 6.27. The first-order chi connectivity index (χ1) is 11.9. The zero-order chi connectivity index (χ0) is 15.7. The maximum Gasteiger partial charge on any atom is 0.231 e. The van der Waals surface area contributed by atoms with Crippen LogP contribution in [0.5, 0.6) is 23.0 Å². The molecule has 4 heterocycles. The maximum atomic E-state index is 5.66. The average molecular weight is 357 g/mol. The molecule has 0 aliphatic carbocycles. The number of hydrogen-bond acceptors (Lipinski definition) is 4. The fourth-order valence-electron chi connectivity index (χ4n) is 3.81. The lowest BCUT2D eigenvalue weighted by Gasteiger charge is -2.16. The Hall–Kier alpha value is -2.66. The van der Waals surface area contributed by atoms with E-state index in [1.165, 1.54) is 16.8 Å². The first-order valence-corrected chi connectivity index (χ1v) is 8.05. The van der Waals surface area contributed by atoms with Gasteiger partial charge >= 0.3 is 0 Å². The summed E-state index contributed by atoms with van der Waals surface area (Å²) in [6, 6.07) is 10.5. The van der Waals surface area contributed by atoms with Crippen LogP contribution in [0.4, 0.5) is 0 Å². The van der Waals surface area contributed by atoms with Crippen molar-refractivity contribution >= 4 is 23.2 Å². The summed E-state index contributed by atoms with van der Waals surface area (Å²) in [4.78, 5) is 0. The van der Waals surface area contributed by atoms with Gasteiger partial charge in [-0.1, -0.05) is 0 Å². The third-order valence-electron chi connectivity index (χ3n) is 4.99. The van der Waals surface area contributed by atoms with Gasteiger partial charge in [0.05, 0.1) is 10.9 Å². The van der Waals surface area contributed by atoms with Crippen molar-refractivity contribution in [2.45, 2.75) is 13.0 Å². The lowest BCUT2D eigenvalue weighted by molar-refractivity contribution is -0.686. The molecule has 0 spiro atoms. The van der Waals surface area contributed by atoms with Gasteiger partial charge in [0, 0.05) is 12.5 Å². The van der Waals surface area contributed by atoms with Gasteiger partial charge in [-0.15, -0.1) is 12.4 Å². The highest BCUT2D eigenvalue weighted by atomic mass is 35.5. The number of hydrogen-bond donors (Lipinski definition) is 0. The molecule has 126 valence electrons. The Bertz CT molecular complexity index is 1030. The number of ether oxygens (including phenoxy) is 4. The van der Waals surface area contributed by atoms with Gasteiger partial charge in [0.25, 0.3) is 0 Å². The summed E-state index contributed by atoms with van der Waals surface area (Å²) in [5.74, 6) is 3.35. The van der Waals surface area contributed by atoms with Crippen LogP contribution in [0.2, 0.25) is 0 Å². The van der Waals surface area contributed by atoms with Crippen LogP contribution in [0.15, 0.2) is 36.5 Å². The number of halogens is 1. The van der Waals surface area contributed by atoms with E-state index in [4.69, 9.17) is 18.9 Å². The van der Waals surface area contributed by atoms with E-state index in [1.54, 1.807) is 0 Å². The highest BCUT2D eigenvalue weighted by molar-refractivity contribution is 5.92. The Morgan fingerprint density at radius 3 is 2.56 bits per heavy atom. The molecule has 0 saturated carbocycles. The monoisotopic (exact) mass is 356 g/mol. The van der Waals surface area contributed by atoms with Gasteiger partial charge in [0.15, 0.2) is 35.7 Å². The van der Waals surface area contributed by atoms with Crippen LogP contribution in [-0.4, -0.2) is 13.6 Å². The molecule has 0 atom stereocenters. The number of rotatable bonds is 0. The van der Waals surface area contributed by atoms with Gasteiger partial charge in [-0.05, 0) is 35.2 Å². The number of nitrogens with zero attached hydrogens (tertiary/aromatic N) is 1. The van der Waals surface area contributed by atoms with Crippen LogP contribution in [0, 0.1) is 0 Å². The SMILES string of the molecule is Cl.c1c2c(cc3c1OCO3)-c1cc3ccc4c(c3c[n+]1CC2)OCO4. The van der Waals surface area contributed by atoms with Crippen molar-refractivity contribution in [2.75, 3.05) is 13.6 Å². The summed E-state index contributed by atoms with van der Waals surface area (Å²) in [6.45, 7) is 1.53. The summed E-state index contributed by atoms with van der Waals surface area (Å²) in [5, 5.41) is 2.24. The highest BCUT2D eigenvalue weighted by Crippen LogP contribution is 2.42. The Labute approximate surface area is 150 Å². The Morgan fingerprint density at radius 1 is 0.840 bits per heavy atom. The smallest absolute Gasteiger partial charge is 0.231 e. The van der Waals surface area contributed by atoms with Gasteiger partial charge in [-0.25, -0.2) is 0 Å². The van der Waals surface area contributed by atoms with E-state index in [1.807, 2.05) is 6.07 Å². The molecule has 0 unspecified atom stereocenters. The van der Waals surface area contributed by atoms with Gasteiger partial charge < -0.3 is 18.9 Å². The predicted molar refractivity (Wildman–Crippen MR) is 92.8 cm³/mol. The molecular weight excluding hydrogens is 342 g/mol. The second-order valence-electron chi connectivity index (χ2n) is 6.27. The van der Waals surface area contributed by atoms with Crippen LogP contribution in [0.25, 0.3) is 22.0 Å². The molecule has 0 amide bonds. The van der Waals surface area contributed by atoms with E-state index in [-0.39, 0.29) is 12.4 Å².